The zero-order valence-electron chi connectivity index (χ0n) is 22.3. The molecule has 10 nitrogen and oxygen atoms in total. The minimum atomic E-state index is -0.962. The number of nitrogens with two attached hydrogens (primary N) is 1. The molecule has 1 aliphatic rings. The number of thiazole rings is 1. The molecular formula is C28H29F2N7O3S. The van der Waals surface area contributed by atoms with E-state index in [1.54, 1.807) is 11.7 Å². The molecule has 41 heavy (non-hydrogen) atoms. The molecule has 1 aliphatic heterocycles. The number of nitrogen functional groups attached to an aromatic ring is 1. The van der Waals surface area contributed by atoms with Gasteiger partial charge in [0.2, 0.25) is 0 Å². The van der Waals surface area contributed by atoms with Crippen molar-refractivity contribution >= 4 is 39.8 Å². The number of halogens is 2. The summed E-state index contributed by atoms with van der Waals surface area (Å²) in [4.78, 5) is 33.0. The summed E-state index contributed by atoms with van der Waals surface area (Å²) in [5, 5.41) is 17.0. The van der Waals surface area contributed by atoms with Gasteiger partial charge in [-0.1, -0.05) is 47.7 Å². The highest BCUT2D eigenvalue weighted by Crippen LogP contribution is 2.35. The number of amides is 2. The predicted molar refractivity (Wildman–Crippen MR) is 153 cm³/mol. The molecule has 4 N–H and O–H groups in total. The summed E-state index contributed by atoms with van der Waals surface area (Å²) in [7, 11) is 1.75. The molecule has 0 unspecified atom stereocenters. The molecule has 214 valence electrons. The van der Waals surface area contributed by atoms with Gasteiger partial charge >= 0.3 is 6.09 Å². The Labute approximate surface area is 239 Å². The zero-order chi connectivity index (χ0) is 29.1. The van der Waals surface area contributed by atoms with Crippen molar-refractivity contribution in [2.75, 3.05) is 29.0 Å². The molecule has 2 aromatic heterocycles. The van der Waals surface area contributed by atoms with Gasteiger partial charge in [-0.2, -0.15) is 5.10 Å². The lowest BCUT2D eigenvalue weighted by atomic mass is 10.1. The van der Waals surface area contributed by atoms with Gasteiger partial charge in [0.05, 0.1) is 11.8 Å². The average Bonchev–Trinajstić information content (AvgIpc) is 3.40. The van der Waals surface area contributed by atoms with Crippen LogP contribution in [-0.4, -0.2) is 55.9 Å². The van der Waals surface area contributed by atoms with Crippen LogP contribution in [0, 0.1) is 11.6 Å². The standard InChI is InChI=1S/C28H29F2N7O3S/c1-35-27(36-13-6-9-18(12-14-36)37(28(39)40)16-17-7-3-2-4-8-17)21(15-32-35)33-25(38)23-24(31)41-26(34-23)22-19(29)10-5-11-20(22)30/h2-5,7-8,10-11,15,18H,6,9,12-14,16,31H2,1H3,(H,33,38)(H,39,40)/t18-/m1/s1. The van der Waals surface area contributed by atoms with Crippen molar-refractivity contribution in [2.24, 2.45) is 7.05 Å². The summed E-state index contributed by atoms with van der Waals surface area (Å²) < 4.78 is 30.2. The Morgan fingerprint density at radius 1 is 1.12 bits per heavy atom. The lowest BCUT2D eigenvalue weighted by Crippen LogP contribution is -2.39. The Balaban J connectivity index is 1.32. The van der Waals surface area contributed by atoms with E-state index >= 15 is 0 Å². The molecule has 0 radical (unpaired) electrons. The highest BCUT2D eigenvalue weighted by Gasteiger charge is 2.29. The second-order valence-corrected chi connectivity index (χ2v) is 10.8. The maximum Gasteiger partial charge on any atom is 0.407 e. The van der Waals surface area contributed by atoms with Gasteiger partial charge in [-0.05, 0) is 37.0 Å². The van der Waals surface area contributed by atoms with Gasteiger partial charge < -0.3 is 26.0 Å². The Hall–Kier alpha value is -4.52. The topological polar surface area (TPSA) is 130 Å². The molecule has 1 saturated heterocycles. The molecule has 0 saturated carbocycles. The number of hydrogen-bond acceptors (Lipinski definition) is 7. The molecule has 3 heterocycles. The molecule has 2 amide bonds. The van der Waals surface area contributed by atoms with Crippen LogP contribution in [0.1, 0.15) is 35.3 Å². The fourth-order valence-corrected chi connectivity index (χ4v) is 5.99. The molecular weight excluding hydrogens is 552 g/mol. The van der Waals surface area contributed by atoms with E-state index in [1.165, 1.54) is 17.2 Å². The van der Waals surface area contributed by atoms with Crippen molar-refractivity contribution in [1.82, 2.24) is 19.7 Å². The van der Waals surface area contributed by atoms with Crippen LogP contribution >= 0.6 is 11.3 Å². The van der Waals surface area contributed by atoms with E-state index in [2.05, 4.69) is 20.3 Å². The summed E-state index contributed by atoms with van der Waals surface area (Å²) >= 11 is 0.823. The SMILES string of the molecule is Cn1ncc(NC(=O)c2nc(-c3c(F)cccc3F)sc2N)c1N1CCC[C@@H](N(Cc2ccccc2)C(=O)O)CC1. The molecule has 0 spiro atoms. The molecule has 5 rings (SSSR count). The minimum absolute atomic E-state index is 0.0235. The van der Waals surface area contributed by atoms with Crippen molar-refractivity contribution in [2.45, 2.75) is 31.8 Å². The van der Waals surface area contributed by atoms with E-state index in [9.17, 15) is 23.5 Å². The van der Waals surface area contributed by atoms with Gasteiger partial charge in [0.25, 0.3) is 5.91 Å². The van der Waals surface area contributed by atoms with E-state index in [0.29, 0.717) is 44.0 Å². The highest BCUT2D eigenvalue weighted by atomic mass is 32.1. The molecule has 4 aromatic rings. The average molecular weight is 582 g/mol. The van der Waals surface area contributed by atoms with Crippen LogP contribution in [0.25, 0.3) is 10.6 Å². The Bertz CT molecular complexity index is 1540. The molecule has 1 fully saturated rings. The largest absolute Gasteiger partial charge is 0.465 e. The van der Waals surface area contributed by atoms with Gasteiger partial charge in [0, 0.05) is 32.7 Å². The monoisotopic (exact) mass is 581 g/mol. The number of aryl methyl sites for hydroxylation is 1. The number of rotatable bonds is 7. The maximum atomic E-state index is 14.3. The Morgan fingerprint density at radius 3 is 2.56 bits per heavy atom. The van der Waals surface area contributed by atoms with Crippen molar-refractivity contribution in [1.29, 1.82) is 0 Å². The van der Waals surface area contributed by atoms with Gasteiger partial charge in [-0.25, -0.2) is 18.6 Å². The smallest absolute Gasteiger partial charge is 0.407 e. The van der Waals surface area contributed by atoms with Crippen LogP contribution in [0.5, 0.6) is 0 Å². The first-order valence-corrected chi connectivity index (χ1v) is 13.9. The van der Waals surface area contributed by atoms with Crippen LogP contribution in [0.4, 0.5) is 30.1 Å². The molecule has 13 heteroatoms. The number of carbonyl (C=O) groups is 2. The van der Waals surface area contributed by atoms with Gasteiger partial charge in [-0.15, -0.1) is 0 Å². The third-order valence-corrected chi connectivity index (χ3v) is 7.98. The van der Waals surface area contributed by atoms with Crippen LogP contribution in [0.15, 0.2) is 54.7 Å². The quantitative estimate of drug-likeness (QED) is 0.274. The van der Waals surface area contributed by atoms with E-state index in [1.807, 2.05) is 30.3 Å². The summed E-state index contributed by atoms with van der Waals surface area (Å²) in [6.45, 7) is 1.48. The van der Waals surface area contributed by atoms with Crippen LogP contribution in [0.2, 0.25) is 0 Å². The molecule has 0 aliphatic carbocycles. The summed E-state index contributed by atoms with van der Waals surface area (Å²) in [5.41, 5.74) is 6.89. The van der Waals surface area contributed by atoms with Crippen molar-refractivity contribution in [3.63, 3.8) is 0 Å². The first-order chi connectivity index (χ1) is 19.7. The number of hydrogen-bond donors (Lipinski definition) is 3. The third kappa shape index (κ3) is 5.99. The number of carboxylic acid groups (broad SMARTS) is 1. The lowest BCUT2D eigenvalue weighted by Gasteiger charge is -2.29. The number of carbonyl (C=O) groups excluding carboxylic acids is 1. The van der Waals surface area contributed by atoms with E-state index in [-0.39, 0.29) is 27.3 Å². The predicted octanol–water partition coefficient (Wildman–Crippen LogP) is 5.20. The van der Waals surface area contributed by atoms with Crippen LogP contribution < -0.4 is 16.0 Å². The van der Waals surface area contributed by atoms with Crippen LogP contribution in [0.3, 0.4) is 0 Å². The van der Waals surface area contributed by atoms with Gasteiger partial charge in [-0.3, -0.25) is 9.48 Å². The summed E-state index contributed by atoms with van der Waals surface area (Å²) in [6, 6.07) is 12.8. The number of anilines is 3. The number of benzene rings is 2. The minimum Gasteiger partial charge on any atom is -0.465 e. The fraction of sp³-hybridized carbons (Fsp3) is 0.286. The van der Waals surface area contributed by atoms with Crippen molar-refractivity contribution in [3.8, 4) is 10.6 Å². The van der Waals surface area contributed by atoms with Crippen molar-refractivity contribution in [3.05, 3.63) is 77.6 Å². The number of nitrogens with zero attached hydrogens (tertiary/aromatic N) is 5. The van der Waals surface area contributed by atoms with E-state index < -0.39 is 23.6 Å². The summed E-state index contributed by atoms with van der Waals surface area (Å²) in [5.74, 6) is -1.59. The first-order valence-electron chi connectivity index (χ1n) is 13.1. The maximum absolute atomic E-state index is 14.3. The van der Waals surface area contributed by atoms with Gasteiger partial charge in [0.1, 0.15) is 27.3 Å². The first kappa shape index (κ1) is 28.0. The van der Waals surface area contributed by atoms with Gasteiger partial charge in [0.15, 0.2) is 11.5 Å². The fourth-order valence-electron chi connectivity index (χ4n) is 5.11. The third-order valence-electron chi connectivity index (χ3n) is 7.08. The molecule has 0 bridgehead atoms. The van der Waals surface area contributed by atoms with Crippen molar-refractivity contribution < 1.29 is 23.5 Å². The Kier molecular flexibility index (Phi) is 8.15. The normalized spacial score (nSPS) is 15.4. The molecule has 1 atom stereocenters. The van der Waals surface area contributed by atoms with E-state index in [4.69, 9.17) is 5.73 Å². The lowest BCUT2D eigenvalue weighted by molar-refractivity contribution is 0.102. The number of nitrogens with one attached hydrogen (secondary N) is 1. The van der Waals surface area contributed by atoms with E-state index in [0.717, 1.165) is 35.5 Å². The van der Waals surface area contributed by atoms with Crippen LogP contribution in [-0.2, 0) is 13.6 Å². The number of aromatic nitrogens is 3. The summed E-state index contributed by atoms with van der Waals surface area (Å²) in [6.07, 6.45) is 2.57. The second-order valence-electron chi connectivity index (χ2n) is 9.76. The molecule has 2 aromatic carbocycles. The zero-order valence-corrected chi connectivity index (χ0v) is 23.1. The second kappa shape index (κ2) is 11.9. The highest BCUT2D eigenvalue weighted by molar-refractivity contribution is 7.19. The Morgan fingerprint density at radius 2 is 1.85 bits per heavy atom.